The molecule has 1 aromatic heterocycles. The molecular formula is C20H23N5O3. The molecule has 1 aliphatic heterocycles. The van der Waals surface area contributed by atoms with Gasteiger partial charge in [0.05, 0.1) is 12.2 Å². The van der Waals surface area contributed by atoms with Gasteiger partial charge in [-0.25, -0.2) is 9.78 Å². The van der Waals surface area contributed by atoms with Crippen molar-refractivity contribution in [2.24, 2.45) is 11.8 Å². The third-order valence-electron chi connectivity index (χ3n) is 5.51. The number of aromatic amines is 1. The topological polar surface area (TPSA) is 98.4 Å². The highest BCUT2D eigenvalue weighted by Crippen LogP contribution is 2.41. The number of nitrogens with zero attached hydrogens (tertiary/aromatic N) is 3. The third-order valence-corrected chi connectivity index (χ3v) is 5.51. The molecule has 2 heterocycles. The summed E-state index contributed by atoms with van der Waals surface area (Å²) in [5, 5.41) is 3.01. The number of urea groups is 1. The lowest BCUT2D eigenvalue weighted by Crippen LogP contribution is -2.44. The van der Waals surface area contributed by atoms with Crippen LogP contribution in [0.1, 0.15) is 23.3 Å². The van der Waals surface area contributed by atoms with Gasteiger partial charge in [0, 0.05) is 37.9 Å². The van der Waals surface area contributed by atoms with Crippen LogP contribution in [0.15, 0.2) is 47.5 Å². The second-order valence-electron chi connectivity index (χ2n) is 7.46. The summed E-state index contributed by atoms with van der Waals surface area (Å²) in [6, 6.07) is 9.31. The Hall–Kier alpha value is -3.16. The number of hydrogen-bond donors (Lipinski definition) is 2. The molecule has 2 aromatic rings. The Labute approximate surface area is 162 Å². The number of benzene rings is 1. The lowest BCUT2D eigenvalue weighted by atomic mass is 9.98. The summed E-state index contributed by atoms with van der Waals surface area (Å²) in [7, 11) is 1.76. The molecule has 1 saturated carbocycles. The highest BCUT2D eigenvalue weighted by atomic mass is 16.2. The average molecular weight is 381 g/mol. The van der Waals surface area contributed by atoms with Crippen molar-refractivity contribution in [3.8, 4) is 0 Å². The standard InChI is InChI=1S/C20H23N5O3/c1-24(14-5-3-2-4-6-14)20(28)25-11-15(13-7-8-13)17(12-25)23-19(27)16-9-22-18(26)10-21-16/h2-6,9-10,13,15,17H,7-8,11-12H2,1H3,(H,22,26)(H,23,27)/t15-,17+/m0/s1. The van der Waals surface area contributed by atoms with Crippen molar-refractivity contribution < 1.29 is 9.59 Å². The summed E-state index contributed by atoms with van der Waals surface area (Å²) in [5.74, 6) is 0.436. The Kier molecular flexibility index (Phi) is 4.85. The van der Waals surface area contributed by atoms with E-state index >= 15 is 0 Å². The quantitative estimate of drug-likeness (QED) is 0.838. The molecule has 1 saturated heterocycles. The van der Waals surface area contributed by atoms with E-state index in [0.717, 1.165) is 24.7 Å². The summed E-state index contributed by atoms with van der Waals surface area (Å²) in [6.45, 7) is 1.09. The van der Waals surface area contributed by atoms with Crippen LogP contribution >= 0.6 is 0 Å². The Bertz CT molecular complexity index is 904. The van der Waals surface area contributed by atoms with Gasteiger partial charge in [0.15, 0.2) is 0 Å². The predicted molar refractivity (Wildman–Crippen MR) is 104 cm³/mol. The minimum atomic E-state index is -0.353. The molecule has 8 nitrogen and oxygen atoms in total. The summed E-state index contributed by atoms with van der Waals surface area (Å²) < 4.78 is 0. The van der Waals surface area contributed by atoms with Gasteiger partial charge in [-0.05, 0) is 30.9 Å². The first-order chi connectivity index (χ1) is 13.5. The van der Waals surface area contributed by atoms with Gasteiger partial charge in [-0.2, -0.15) is 0 Å². The van der Waals surface area contributed by atoms with Gasteiger partial charge in [0.25, 0.3) is 11.5 Å². The fourth-order valence-electron chi connectivity index (χ4n) is 3.82. The number of aromatic nitrogens is 2. The van der Waals surface area contributed by atoms with Crippen LogP contribution in [0, 0.1) is 11.8 Å². The Balaban J connectivity index is 1.46. The number of amides is 3. The maximum Gasteiger partial charge on any atom is 0.324 e. The third kappa shape index (κ3) is 3.76. The smallest absolute Gasteiger partial charge is 0.324 e. The fraction of sp³-hybridized carbons (Fsp3) is 0.400. The molecule has 0 radical (unpaired) electrons. The molecule has 3 amide bonds. The van der Waals surface area contributed by atoms with E-state index in [0.29, 0.717) is 19.0 Å². The van der Waals surface area contributed by atoms with Crippen molar-refractivity contribution in [3.63, 3.8) is 0 Å². The van der Waals surface area contributed by atoms with Crippen molar-refractivity contribution in [2.75, 3.05) is 25.0 Å². The van der Waals surface area contributed by atoms with Crippen LogP contribution in [0.4, 0.5) is 10.5 Å². The molecule has 146 valence electrons. The number of anilines is 1. The number of nitrogens with one attached hydrogen (secondary N) is 2. The van der Waals surface area contributed by atoms with E-state index in [2.05, 4.69) is 15.3 Å². The number of likely N-dealkylation sites (tertiary alicyclic amines) is 1. The van der Waals surface area contributed by atoms with Crippen LogP contribution in [-0.4, -0.2) is 53.0 Å². The summed E-state index contributed by atoms with van der Waals surface area (Å²) in [4.78, 5) is 46.4. The van der Waals surface area contributed by atoms with E-state index < -0.39 is 0 Å². The van der Waals surface area contributed by atoms with Crippen LogP contribution in [0.2, 0.25) is 0 Å². The molecule has 2 N–H and O–H groups in total. The van der Waals surface area contributed by atoms with Crippen molar-refractivity contribution in [2.45, 2.75) is 18.9 Å². The van der Waals surface area contributed by atoms with Gasteiger partial charge in [0.1, 0.15) is 5.69 Å². The molecule has 8 heteroatoms. The zero-order chi connectivity index (χ0) is 19.7. The SMILES string of the molecule is CN(C(=O)N1C[C@@H](NC(=O)c2c[nH]c(=O)cn2)[C@H](C2CC2)C1)c1ccccc1. The highest BCUT2D eigenvalue weighted by Gasteiger charge is 2.45. The molecule has 0 bridgehead atoms. The minimum absolute atomic E-state index is 0.0734. The number of rotatable bonds is 4. The van der Waals surface area contributed by atoms with Crippen LogP contribution in [0.25, 0.3) is 0 Å². The number of hydrogen-bond acceptors (Lipinski definition) is 4. The first kappa shape index (κ1) is 18.2. The molecule has 1 aliphatic carbocycles. The Morgan fingerprint density at radius 3 is 2.61 bits per heavy atom. The zero-order valence-corrected chi connectivity index (χ0v) is 15.7. The van der Waals surface area contributed by atoms with Gasteiger partial charge in [0.2, 0.25) is 0 Å². The van der Waals surface area contributed by atoms with Crippen LogP contribution < -0.4 is 15.8 Å². The summed E-state index contributed by atoms with van der Waals surface area (Å²) in [6.07, 6.45) is 4.66. The van der Waals surface area contributed by atoms with E-state index in [1.54, 1.807) is 16.8 Å². The van der Waals surface area contributed by atoms with Gasteiger partial charge in [-0.15, -0.1) is 0 Å². The lowest BCUT2D eigenvalue weighted by molar-refractivity contribution is 0.0922. The molecule has 28 heavy (non-hydrogen) atoms. The molecular weight excluding hydrogens is 358 g/mol. The van der Waals surface area contributed by atoms with E-state index in [9.17, 15) is 14.4 Å². The van der Waals surface area contributed by atoms with Crippen LogP contribution in [-0.2, 0) is 0 Å². The first-order valence-corrected chi connectivity index (χ1v) is 9.46. The van der Waals surface area contributed by atoms with Crippen molar-refractivity contribution in [1.82, 2.24) is 20.2 Å². The lowest BCUT2D eigenvalue weighted by Gasteiger charge is -2.24. The van der Waals surface area contributed by atoms with Gasteiger partial charge in [-0.3, -0.25) is 14.5 Å². The predicted octanol–water partition coefficient (Wildman–Crippen LogP) is 1.47. The van der Waals surface area contributed by atoms with E-state index in [1.165, 1.54) is 6.20 Å². The Morgan fingerprint density at radius 1 is 1.21 bits per heavy atom. The van der Waals surface area contributed by atoms with Crippen molar-refractivity contribution >= 4 is 17.6 Å². The van der Waals surface area contributed by atoms with E-state index in [4.69, 9.17) is 0 Å². The maximum absolute atomic E-state index is 13.0. The van der Waals surface area contributed by atoms with Crippen LogP contribution in [0.5, 0.6) is 0 Å². The van der Waals surface area contributed by atoms with Gasteiger partial charge in [-0.1, -0.05) is 18.2 Å². The average Bonchev–Trinajstić information content (AvgIpc) is 3.48. The number of carbonyl (C=O) groups is 2. The first-order valence-electron chi connectivity index (χ1n) is 9.46. The molecule has 2 aliphatic rings. The van der Waals surface area contributed by atoms with E-state index in [1.807, 2.05) is 30.3 Å². The zero-order valence-electron chi connectivity index (χ0n) is 15.7. The van der Waals surface area contributed by atoms with Crippen LogP contribution in [0.3, 0.4) is 0 Å². The highest BCUT2D eigenvalue weighted by molar-refractivity contribution is 5.93. The maximum atomic E-state index is 13.0. The van der Waals surface area contributed by atoms with Crippen molar-refractivity contribution in [3.05, 3.63) is 58.8 Å². The molecule has 0 unspecified atom stereocenters. The molecule has 4 rings (SSSR count). The second kappa shape index (κ2) is 7.46. The molecule has 2 fully saturated rings. The van der Waals surface area contributed by atoms with E-state index in [-0.39, 0.29) is 35.2 Å². The Morgan fingerprint density at radius 2 is 1.96 bits per heavy atom. The number of carbonyl (C=O) groups excluding carboxylic acids is 2. The fourth-order valence-corrected chi connectivity index (χ4v) is 3.82. The second-order valence-corrected chi connectivity index (χ2v) is 7.46. The van der Waals surface area contributed by atoms with Gasteiger partial charge < -0.3 is 15.2 Å². The molecule has 0 spiro atoms. The van der Waals surface area contributed by atoms with Gasteiger partial charge >= 0.3 is 6.03 Å². The minimum Gasteiger partial charge on any atom is -0.346 e. The monoisotopic (exact) mass is 381 g/mol. The van der Waals surface area contributed by atoms with Crippen molar-refractivity contribution in [1.29, 1.82) is 0 Å². The normalized spacial score (nSPS) is 21.4. The largest absolute Gasteiger partial charge is 0.346 e. The summed E-state index contributed by atoms with van der Waals surface area (Å²) in [5.41, 5.74) is 0.648. The molecule has 1 aromatic carbocycles. The molecule has 2 atom stereocenters. The summed E-state index contributed by atoms with van der Waals surface area (Å²) >= 11 is 0. The number of para-hydroxylation sites is 1. The number of H-pyrrole nitrogens is 1.